The van der Waals surface area contributed by atoms with Gasteiger partial charge in [-0.2, -0.15) is 16.6 Å². The third-order valence-electron chi connectivity index (χ3n) is 1.54. The Kier molecular flexibility index (Phi) is 1.84. The zero-order chi connectivity index (χ0) is 8.39. The zero-order valence-electron chi connectivity index (χ0n) is 6.14. The smallest absolute Gasteiger partial charge is 0.195 e. The summed E-state index contributed by atoms with van der Waals surface area (Å²) in [6, 6.07) is 1.68. The first-order valence-corrected chi connectivity index (χ1v) is 4.33. The van der Waals surface area contributed by atoms with Crippen molar-refractivity contribution < 1.29 is 0 Å². The Balaban J connectivity index is 2.27. The van der Waals surface area contributed by atoms with Gasteiger partial charge < -0.3 is 5.73 Å². The predicted molar refractivity (Wildman–Crippen MR) is 44.5 cm³/mol. The van der Waals surface area contributed by atoms with Crippen LogP contribution in [-0.2, 0) is 0 Å². The fourth-order valence-corrected chi connectivity index (χ4v) is 1.60. The molecule has 0 fully saturated rings. The van der Waals surface area contributed by atoms with Gasteiger partial charge in [0.1, 0.15) is 0 Å². The third-order valence-corrected chi connectivity index (χ3v) is 2.24. The van der Waals surface area contributed by atoms with Crippen LogP contribution in [0.5, 0.6) is 0 Å². The Morgan fingerprint density at radius 1 is 1.58 bits per heavy atom. The van der Waals surface area contributed by atoms with Crippen molar-refractivity contribution in [2.24, 2.45) is 5.73 Å². The average molecular weight is 181 g/mol. The fraction of sp³-hybridized carbons (Fsp3) is 0.167. The van der Waals surface area contributed by atoms with Crippen molar-refractivity contribution in [2.75, 3.05) is 0 Å². The Labute approximate surface area is 72.6 Å². The van der Waals surface area contributed by atoms with Gasteiger partial charge in [0.15, 0.2) is 5.82 Å². The molecule has 6 heteroatoms. The maximum Gasteiger partial charge on any atom is 0.195 e. The lowest BCUT2D eigenvalue weighted by Gasteiger charge is -2.01. The molecular formula is C6H7N5S. The lowest BCUT2D eigenvalue weighted by molar-refractivity contribution is 0.788. The van der Waals surface area contributed by atoms with E-state index >= 15 is 0 Å². The molecule has 2 rings (SSSR count). The number of rotatable bonds is 2. The van der Waals surface area contributed by atoms with Gasteiger partial charge in [-0.05, 0) is 22.4 Å². The molecule has 3 N–H and O–H groups in total. The van der Waals surface area contributed by atoms with E-state index in [-0.39, 0.29) is 6.04 Å². The summed E-state index contributed by atoms with van der Waals surface area (Å²) in [4.78, 5) is 0. The van der Waals surface area contributed by atoms with Crippen molar-refractivity contribution in [3.05, 3.63) is 28.2 Å². The molecule has 2 aromatic heterocycles. The predicted octanol–water partition coefficient (Wildman–Crippen LogP) is 0.309. The van der Waals surface area contributed by atoms with E-state index in [0.29, 0.717) is 5.82 Å². The maximum absolute atomic E-state index is 5.83. The van der Waals surface area contributed by atoms with E-state index < -0.39 is 0 Å². The maximum atomic E-state index is 5.83. The van der Waals surface area contributed by atoms with Gasteiger partial charge in [-0.3, -0.25) is 0 Å². The number of H-pyrrole nitrogens is 1. The molecule has 0 aliphatic heterocycles. The number of aromatic nitrogens is 4. The van der Waals surface area contributed by atoms with Crippen molar-refractivity contribution in [1.82, 2.24) is 20.6 Å². The molecule has 0 aliphatic rings. The van der Waals surface area contributed by atoms with Crippen LogP contribution >= 0.6 is 11.3 Å². The highest BCUT2D eigenvalue weighted by Crippen LogP contribution is 2.17. The van der Waals surface area contributed by atoms with Crippen LogP contribution in [0.25, 0.3) is 0 Å². The minimum atomic E-state index is -0.269. The molecule has 1 unspecified atom stereocenters. The molecule has 0 spiro atoms. The van der Waals surface area contributed by atoms with E-state index in [4.69, 9.17) is 5.73 Å². The summed E-state index contributed by atoms with van der Waals surface area (Å²) in [5, 5.41) is 17.4. The van der Waals surface area contributed by atoms with Crippen LogP contribution in [0.2, 0.25) is 0 Å². The summed E-state index contributed by atoms with van der Waals surface area (Å²) < 4.78 is 0. The van der Waals surface area contributed by atoms with Gasteiger partial charge in [0.05, 0.1) is 6.04 Å². The van der Waals surface area contributed by atoms with Gasteiger partial charge in [-0.1, -0.05) is 5.21 Å². The molecule has 2 heterocycles. The van der Waals surface area contributed by atoms with E-state index in [1.54, 1.807) is 11.3 Å². The Morgan fingerprint density at radius 3 is 3.08 bits per heavy atom. The van der Waals surface area contributed by atoms with E-state index in [1.165, 1.54) is 0 Å². The fourth-order valence-electron chi connectivity index (χ4n) is 0.902. The van der Waals surface area contributed by atoms with Gasteiger partial charge in [-0.15, -0.1) is 10.2 Å². The minimum Gasteiger partial charge on any atom is -0.317 e. The van der Waals surface area contributed by atoms with Crippen molar-refractivity contribution in [2.45, 2.75) is 6.04 Å². The van der Waals surface area contributed by atoms with Crippen LogP contribution in [0, 0.1) is 0 Å². The van der Waals surface area contributed by atoms with Crippen molar-refractivity contribution in [1.29, 1.82) is 0 Å². The number of nitrogens with two attached hydrogens (primary N) is 1. The highest BCUT2D eigenvalue weighted by Gasteiger charge is 2.12. The summed E-state index contributed by atoms with van der Waals surface area (Å²) in [6.45, 7) is 0. The molecule has 0 aromatic carbocycles. The quantitative estimate of drug-likeness (QED) is 0.698. The van der Waals surface area contributed by atoms with E-state index in [2.05, 4.69) is 20.6 Å². The molecular weight excluding hydrogens is 174 g/mol. The van der Waals surface area contributed by atoms with Gasteiger partial charge >= 0.3 is 0 Å². The Morgan fingerprint density at radius 2 is 2.50 bits per heavy atom. The average Bonchev–Trinajstić information content (AvgIpc) is 2.77. The van der Waals surface area contributed by atoms with Gasteiger partial charge in [-0.25, -0.2) is 0 Å². The minimum absolute atomic E-state index is 0.269. The molecule has 62 valence electrons. The second-order valence-electron chi connectivity index (χ2n) is 2.30. The van der Waals surface area contributed by atoms with Crippen LogP contribution in [-0.4, -0.2) is 20.6 Å². The van der Waals surface area contributed by atoms with Gasteiger partial charge in [0.2, 0.25) is 0 Å². The second kappa shape index (κ2) is 3.00. The lowest BCUT2D eigenvalue weighted by Crippen LogP contribution is -2.12. The Hall–Kier alpha value is -1.27. The van der Waals surface area contributed by atoms with Gasteiger partial charge in [0, 0.05) is 0 Å². The summed E-state index contributed by atoms with van der Waals surface area (Å²) in [7, 11) is 0. The number of hydrogen-bond donors (Lipinski definition) is 2. The third kappa shape index (κ3) is 1.21. The standard InChI is InChI=1S/C6H7N5S/c7-5(4-1-2-12-3-4)6-8-10-11-9-6/h1-3,5H,7H2,(H,8,9,10,11). The topological polar surface area (TPSA) is 80.5 Å². The number of nitrogens with zero attached hydrogens (tertiary/aromatic N) is 3. The van der Waals surface area contributed by atoms with Crippen LogP contribution in [0.3, 0.4) is 0 Å². The molecule has 0 saturated heterocycles. The molecule has 1 atom stereocenters. The first kappa shape index (κ1) is 7.38. The van der Waals surface area contributed by atoms with E-state index in [1.807, 2.05) is 16.8 Å². The lowest BCUT2D eigenvalue weighted by atomic mass is 10.1. The first-order chi connectivity index (χ1) is 5.88. The van der Waals surface area contributed by atoms with Crippen LogP contribution in [0.1, 0.15) is 17.4 Å². The summed E-state index contributed by atoms with van der Waals surface area (Å²) in [6.07, 6.45) is 0. The summed E-state index contributed by atoms with van der Waals surface area (Å²) >= 11 is 1.60. The van der Waals surface area contributed by atoms with Crippen molar-refractivity contribution in [3.8, 4) is 0 Å². The molecule has 0 amide bonds. The second-order valence-corrected chi connectivity index (χ2v) is 3.08. The monoisotopic (exact) mass is 181 g/mol. The number of hydrogen-bond acceptors (Lipinski definition) is 5. The highest BCUT2D eigenvalue weighted by atomic mass is 32.1. The number of nitrogens with one attached hydrogen (secondary N) is 1. The highest BCUT2D eigenvalue weighted by molar-refractivity contribution is 7.07. The molecule has 12 heavy (non-hydrogen) atoms. The largest absolute Gasteiger partial charge is 0.317 e. The number of tetrazole rings is 1. The summed E-state index contributed by atoms with van der Waals surface area (Å²) in [5.41, 5.74) is 6.84. The molecule has 0 bridgehead atoms. The van der Waals surface area contributed by atoms with Crippen molar-refractivity contribution >= 4 is 11.3 Å². The molecule has 2 aromatic rings. The van der Waals surface area contributed by atoms with Gasteiger partial charge in [0.25, 0.3) is 0 Å². The molecule has 5 nitrogen and oxygen atoms in total. The SMILES string of the molecule is NC(c1ccsc1)c1nn[nH]n1. The van der Waals surface area contributed by atoms with Crippen LogP contribution in [0.15, 0.2) is 16.8 Å². The van der Waals surface area contributed by atoms with Crippen LogP contribution < -0.4 is 5.73 Å². The van der Waals surface area contributed by atoms with E-state index in [9.17, 15) is 0 Å². The molecule has 0 radical (unpaired) electrons. The van der Waals surface area contributed by atoms with E-state index in [0.717, 1.165) is 5.56 Å². The summed E-state index contributed by atoms with van der Waals surface area (Å²) in [5.74, 6) is 0.522. The molecule has 0 saturated carbocycles. The zero-order valence-corrected chi connectivity index (χ0v) is 6.95. The number of aromatic amines is 1. The first-order valence-electron chi connectivity index (χ1n) is 3.39. The van der Waals surface area contributed by atoms with Crippen molar-refractivity contribution in [3.63, 3.8) is 0 Å². The molecule has 0 aliphatic carbocycles. The Bertz CT molecular complexity index is 292. The normalized spacial score (nSPS) is 13.1. The number of thiophene rings is 1. The van der Waals surface area contributed by atoms with Crippen LogP contribution in [0.4, 0.5) is 0 Å².